The van der Waals surface area contributed by atoms with Gasteiger partial charge in [-0.2, -0.15) is 20.6 Å². The van der Waals surface area contributed by atoms with Crippen molar-refractivity contribution in [2.45, 2.75) is 17.7 Å². The first-order valence-electron chi connectivity index (χ1n) is 7.47. The van der Waals surface area contributed by atoms with Crippen molar-refractivity contribution in [2.24, 2.45) is 0 Å². The summed E-state index contributed by atoms with van der Waals surface area (Å²) in [6.45, 7) is 2.53. The Morgan fingerprint density at radius 1 is 1.25 bits per heavy atom. The first-order valence-corrected chi connectivity index (χ1v) is 9.86. The van der Waals surface area contributed by atoms with Crippen molar-refractivity contribution in [3.63, 3.8) is 0 Å². The molecular weight excluding hydrogens is 346 g/mol. The second kappa shape index (κ2) is 5.80. The number of benzene rings is 1. The summed E-state index contributed by atoms with van der Waals surface area (Å²) in [5.41, 5.74) is 1.66. The molecule has 1 aromatic carbocycles. The van der Waals surface area contributed by atoms with Gasteiger partial charge < -0.3 is 4.52 Å². The van der Waals surface area contributed by atoms with Crippen LogP contribution in [0.2, 0.25) is 0 Å². The first kappa shape index (κ1) is 15.5. The van der Waals surface area contributed by atoms with Crippen LogP contribution in [0, 0.1) is 6.92 Å². The molecule has 1 saturated heterocycles. The van der Waals surface area contributed by atoms with E-state index in [2.05, 4.69) is 10.1 Å². The molecule has 0 saturated carbocycles. The van der Waals surface area contributed by atoms with Crippen LogP contribution >= 0.6 is 11.3 Å². The van der Waals surface area contributed by atoms with Crippen LogP contribution < -0.4 is 0 Å². The van der Waals surface area contributed by atoms with Gasteiger partial charge in [-0.1, -0.05) is 23.4 Å². The molecule has 0 atom stereocenters. The maximum Gasteiger partial charge on any atom is 0.243 e. The van der Waals surface area contributed by atoms with Crippen LogP contribution in [-0.4, -0.2) is 36.0 Å². The Balaban J connectivity index is 1.50. The third-order valence-electron chi connectivity index (χ3n) is 4.13. The summed E-state index contributed by atoms with van der Waals surface area (Å²) in [4.78, 5) is 4.74. The van der Waals surface area contributed by atoms with Gasteiger partial charge in [-0.3, -0.25) is 0 Å². The third-order valence-corrected chi connectivity index (χ3v) is 6.80. The van der Waals surface area contributed by atoms with Gasteiger partial charge in [0.15, 0.2) is 0 Å². The second-order valence-corrected chi connectivity index (χ2v) is 8.44. The summed E-state index contributed by atoms with van der Waals surface area (Å²) in [6, 6.07) is 8.93. The molecule has 0 unspecified atom stereocenters. The number of rotatable bonds is 4. The Morgan fingerprint density at radius 2 is 2.04 bits per heavy atom. The van der Waals surface area contributed by atoms with Crippen molar-refractivity contribution in [3.8, 4) is 11.4 Å². The summed E-state index contributed by atoms with van der Waals surface area (Å²) in [5, 5.41) is 7.87. The van der Waals surface area contributed by atoms with Crippen LogP contribution in [0.5, 0.6) is 0 Å². The van der Waals surface area contributed by atoms with Gasteiger partial charge in [-0.25, -0.2) is 8.42 Å². The smallest absolute Gasteiger partial charge is 0.243 e. The Morgan fingerprint density at radius 3 is 2.75 bits per heavy atom. The number of sulfonamides is 1. The summed E-state index contributed by atoms with van der Waals surface area (Å²) in [5.74, 6) is 0.988. The SMILES string of the molecule is Cc1ccccc1S(=O)(=O)N1CC(c2nc(-c3ccsc3)no2)C1. The van der Waals surface area contributed by atoms with Crippen molar-refractivity contribution >= 4 is 21.4 Å². The molecular formula is C16H15N3O3S2. The monoisotopic (exact) mass is 361 g/mol. The topological polar surface area (TPSA) is 76.3 Å². The molecule has 1 fully saturated rings. The predicted molar refractivity (Wildman–Crippen MR) is 90.3 cm³/mol. The molecule has 0 N–H and O–H groups in total. The molecule has 1 aliphatic heterocycles. The van der Waals surface area contributed by atoms with Crippen molar-refractivity contribution in [3.05, 3.63) is 52.5 Å². The van der Waals surface area contributed by atoms with E-state index in [1.54, 1.807) is 36.5 Å². The molecule has 0 amide bonds. The molecule has 3 heterocycles. The van der Waals surface area contributed by atoms with E-state index >= 15 is 0 Å². The highest BCUT2D eigenvalue weighted by atomic mass is 32.2. The quantitative estimate of drug-likeness (QED) is 0.714. The highest BCUT2D eigenvalue weighted by Gasteiger charge is 2.40. The molecule has 1 aliphatic rings. The molecule has 6 nitrogen and oxygen atoms in total. The fourth-order valence-electron chi connectivity index (χ4n) is 2.69. The van der Waals surface area contributed by atoms with E-state index in [0.29, 0.717) is 29.7 Å². The van der Waals surface area contributed by atoms with Gasteiger partial charge in [0.1, 0.15) is 0 Å². The number of nitrogens with zero attached hydrogens (tertiary/aromatic N) is 3. The van der Waals surface area contributed by atoms with E-state index in [1.165, 1.54) is 4.31 Å². The molecule has 3 aromatic rings. The van der Waals surface area contributed by atoms with Gasteiger partial charge in [0.25, 0.3) is 0 Å². The minimum Gasteiger partial charge on any atom is -0.339 e. The standard InChI is InChI=1S/C16H15N3O3S2/c1-11-4-2-3-5-14(11)24(20,21)19-8-13(9-19)16-17-15(18-22-16)12-6-7-23-10-12/h2-7,10,13H,8-9H2,1H3. The molecule has 0 radical (unpaired) electrons. The number of hydrogen-bond acceptors (Lipinski definition) is 6. The van der Waals surface area contributed by atoms with Crippen molar-refractivity contribution in [1.82, 2.24) is 14.4 Å². The normalized spacial score (nSPS) is 16.2. The molecule has 0 bridgehead atoms. The Bertz CT molecular complexity index is 958. The van der Waals surface area contributed by atoms with E-state index in [-0.39, 0.29) is 5.92 Å². The van der Waals surface area contributed by atoms with Gasteiger partial charge in [0.2, 0.25) is 21.7 Å². The van der Waals surface area contributed by atoms with Crippen LogP contribution in [0.15, 0.2) is 50.5 Å². The van der Waals surface area contributed by atoms with Gasteiger partial charge in [0.05, 0.1) is 10.8 Å². The zero-order chi connectivity index (χ0) is 16.7. The summed E-state index contributed by atoms with van der Waals surface area (Å²) in [7, 11) is -3.47. The number of aryl methyl sites for hydroxylation is 1. The lowest BCUT2D eigenvalue weighted by Gasteiger charge is -2.36. The van der Waals surface area contributed by atoms with Crippen molar-refractivity contribution in [1.29, 1.82) is 0 Å². The fraction of sp³-hybridized carbons (Fsp3) is 0.250. The van der Waals surface area contributed by atoms with Crippen LogP contribution in [0.1, 0.15) is 17.4 Å². The lowest BCUT2D eigenvalue weighted by molar-refractivity contribution is 0.216. The van der Waals surface area contributed by atoms with E-state index in [4.69, 9.17) is 4.52 Å². The minimum absolute atomic E-state index is 0.0521. The van der Waals surface area contributed by atoms with Gasteiger partial charge in [0, 0.05) is 24.0 Å². The van der Waals surface area contributed by atoms with E-state index in [9.17, 15) is 8.42 Å². The van der Waals surface area contributed by atoms with Gasteiger partial charge in [-0.05, 0) is 30.0 Å². The number of thiophene rings is 1. The summed E-state index contributed by atoms with van der Waals surface area (Å²) in [6.07, 6.45) is 0. The van der Waals surface area contributed by atoms with E-state index in [0.717, 1.165) is 11.1 Å². The first-order chi connectivity index (χ1) is 11.6. The van der Waals surface area contributed by atoms with Crippen LogP contribution in [0.25, 0.3) is 11.4 Å². The van der Waals surface area contributed by atoms with Crippen molar-refractivity contribution in [2.75, 3.05) is 13.1 Å². The number of hydrogen-bond donors (Lipinski definition) is 0. The van der Waals surface area contributed by atoms with E-state index in [1.807, 2.05) is 22.9 Å². The van der Waals surface area contributed by atoms with Crippen molar-refractivity contribution < 1.29 is 12.9 Å². The lowest BCUT2D eigenvalue weighted by Crippen LogP contribution is -2.48. The molecule has 0 spiro atoms. The molecule has 124 valence electrons. The van der Waals surface area contributed by atoms with Gasteiger partial charge in [-0.15, -0.1) is 0 Å². The molecule has 2 aromatic heterocycles. The molecule has 24 heavy (non-hydrogen) atoms. The average Bonchev–Trinajstić information content (AvgIpc) is 3.16. The second-order valence-electron chi connectivity index (χ2n) is 5.75. The van der Waals surface area contributed by atoms with E-state index < -0.39 is 10.0 Å². The number of aromatic nitrogens is 2. The molecule has 4 rings (SSSR count). The third kappa shape index (κ3) is 2.56. The Labute approximate surface area is 143 Å². The van der Waals surface area contributed by atoms with Crippen LogP contribution in [0.4, 0.5) is 0 Å². The van der Waals surface area contributed by atoms with Crippen LogP contribution in [-0.2, 0) is 10.0 Å². The van der Waals surface area contributed by atoms with Crippen LogP contribution in [0.3, 0.4) is 0 Å². The zero-order valence-electron chi connectivity index (χ0n) is 12.9. The highest BCUT2D eigenvalue weighted by molar-refractivity contribution is 7.89. The fourth-order valence-corrected chi connectivity index (χ4v) is 5.08. The summed E-state index contributed by atoms with van der Waals surface area (Å²) < 4.78 is 32.1. The Hall–Kier alpha value is -2.03. The average molecular weight is 361 g/mol. The maximum absolute atomic E-state index is 12.7. The van der Waals surface area contributed by atoms with Gasteiger partial charge >= 0.3 is 0 Å². The summed E-state index contributed by atoms with van der Waals surface area (Å²) >= 11 is 1.57. The highest BCUT2D eigenvalue weighted by Crippen LogP contribution is 2.33. The Kier molecular flexibility index (Phi) is 3.75. The predicted octanol–water partition coefficient (Wildman–Crippen LogP) is 2.89. The lowest BCUT2D eigenvalue weighted by atomic mass is 10.0. The molecule has 8 heteroatoms. The maximum atomic E-state index is 12.7. The molecule has 0 aliphatic carbocycles. The minimum atomic E-state index is -3.47. The zero-order valence-corrected chi connectivity index (χ0v) is 14.5. The largest absolute Gasteiger partial charge is 0.339 e.